The Morgan fingerprint density at radius 1 is 1.25 bits per heavy atom. The van der Waals surface area contributed by atoms with Gasteiger partial charge in [0.1, 0.15) is 5.82 Å². The van der Waals surface area contributed by atoms with Crippen LogP contribution in [0.15, 0.2) is 18.2 Å². The van der Waals surface area contributed by atoms with E-state index in [1.807, 2.05) is 0 Å². The van der Waals surface area contributed by atoms with Gasteiger partial charge in [-0.1, -0.05) is 0 Å². The van der Waals surface area contributed by atoms with E-state index >= 15 is 0 Å². The largest absolute Gasteiger partial charge is 0.416 e. The molecule has 1 aliphatic heterocycles. The molecule has 1 saturated heterocycles. The van der Waals surface area contributed by atoms with Gasteiger partial charge in [0.15, 0.2) is 0 Å². The molecule has 2 rings (SSSR count). The van der Waals surface area contributed by atoms with E-state index in [1.54, 1.807) is 0 Å². The molecule has 3 nitrogen and oxygen atoms in total. The SMILES string of the molecule is NNC(c1cc(F)ccc1C(F)(F)F)C1CCOCC1. The summed E-state index contributed by atoms with van der Waals surface area (Å²) >= 11 is 0. The van der Waals surface area contributed by atoms with Crippen molar-refractivity contribution in [1.29, 1.82) is 0 Å². The predicted octanol–water partition coefficient (Wildman–Crippen LogP) is 2.78. The molecule has 0 bridgehead atoms. The normalized spacial score (nSPS) is 19.1. The molecule has 20 heavy (non-hydrogen) atoms. The molecule has 3 N–H and O–H groups in total. The van der Waals surface area contributed by atoms with Crippen molar-refractivity contribution in [3.05, 3.63) is 35.1 Å². The van der Waals surface area contributed by atoms with Gasteiger partial charge in [0.05, 0.1) is 5.56 Å². The summed E-state index contributed by atoms with van der Waals surface area (Å²) in [5.41, 5.74) is 1.41. The molecule has 7 heteroatoms. The Labute approximate surface area is 114 Å². The second-order valence-electron chi connectivity index (χ2n) is 4.82. The lowest BCUT2D eigenvalue weighted by Crippen LogP contribution is -2.37. The van der Waals surface area contributed by atoms with Crippen molar-refractivity contribution in [1.82, 2.24) is 5.43 Å². The van der Waals surface area contributed by atoms with Crippen LogP contribution in [0.5, 0.6) is 0 Å². The van der Waals surface area contributed by atoms with E-state index in [0.717, 1.165) is 18.2 Å². The molecule has 0 aromatic heterocycles. The van der Waals surface area contributed by atoms with Crippen molar-refractivity contribution in [3.63, 3.8) is 0 Å². The Morgan fingerprint density at radius 3 is 2.45 bits per heavy atom. The number of hydrogen-bond acceptors (Lipinski definition) is 3. The summed E-state index contributed by atoms with van der Waals surface area (Å²) in [5.74, 6) is 4.60. The maximum absolute atomic E-state index is 13.3. The van der Waals surface area contributed by atoms with Crippen LogP contribution in [0.25, 0.3) is 0 Å². The lowest BCUT2D eigenvalue weighted by molar-refractivity contribution is -0.138. The minimum Gasteiger partial charge on any atom is -0.381 e. The Kier molecular flexibility index (Phi) is 4.62. The average molecular weight is 292 g/mol. The maximum atomic E-state index is 13.3. The monoisotopic (exact) mass is 292 g/mol. The highest BCUT2D eigenvalue weighted by atomic mass is 19.4. The fourth-order valence-corrected chi connectivity index (χ4v) is 2.58. The number of nitrogens with two attached hydrogens (primary N) is 1. The Hall–Kier alpha value is -1.18. The van der Waals surface area contributed by atoms with E-state index in [9.17, 15) is 17.6 Å². The topological polar surface area (TPSA) is 47.3 Å². The number of ether oxygens (including phenoxy) is 1. The van der Waals surface area contributed by atoms with Crippen molar-refractivity contribution >= 4 is 0 Å². The fourth-order valence-electron chi connectivity index (χ4n) is 2.58. The van der Waals surface area contributed by atoms with Crippen LogP contribution in [0.2, 0.25) is 0 Å². The number of hydrogen-bond donors (Lipinski definition) is 2. The summed E-state index contributed by atoms with van der Waals surface area (Å²) in [7, 11) is 0. The number of hydrazine groups is 1. The van der Waals surface area contributed by atoms with Crippen LogP contribution in [-0.4, -0.2) is 13.2 Å². The first-order chi connectivity index (χ1) is 9.43. The molecule has 0 radical (unpaired) electrons. The zero-order chi connectivity index (χ0) is 14.8. The second-order valence-corrected chi connectivity index (χ2v) is 4.82. The lowest BCUT2D eigenvalue weighted by Gasteiger charge is -2.31. The number of nitrogens with one attached hydrogen (secondary N) is 1. The average Bonchev–Trinajstić information content (AvgIpc) is 2.39. The number of benzene rings is 1. The van der Waals surface area contributed by atoms with Gasteiger partial charge in [-0.05, 0) is 42.5 Å². The van der Waals surface area contributed by atoms with Crippen LogP contribution in [0.1, 0.15) is 30.0 Å². The minimum absolute atomic E-state index is 0.114. The third-order valence-electron chi connectivity index (χ3n) is 3.57. The van der Waals surface area contributed by atoms with E-state index < -0.39 is 23.6 Å². The van der Waals surface area contributed by atoms with Crippen molar-refractivity contribution in [3.8, 4) is 0 Å². The van der Waals surface area contributed by atoms with Gasteiger partial charge in [0.2, 0.25) is 0 Å². The maximum Gasteiger partial charge on any atom is 0.416 e. The van der Waals surface area contributed by atoms with E-state index in [4.69, 9.17) is 10.6 Å². The van der Waals surface area contributed by atoms with E-state index in [2.05, 4.69) is 5.43 Å². The Bertz CT molecular complexity index is 458. The summed E-state index contributed by atoms with van der Waals surface area (Å²) in [6.45, 7) is 0.943. The summed E-state index contributed by atoms with van der Waals surface area (Å²) in [6, 6.07) is 1.73. The van der Waals surface area contributed by atoms with Crippen molar-refractivity contribution < 1.29 is 22.3 Å². The first-order valence-electron chi connectivity index (χ1n) is 6.34. The van der Waals surface area contributed by atoms with Crippen LogP contribution in [0, 0.1) is 11.7 Å². The Morgan fingerprint density at radius 2 is 1.90 bits per heavy atom. The van der Waals surface area contributed by atoms with Gasteiger partial charge in [-0.3, -0.25) is 11.3 Å². The first kappa shape index (κ1) is 15.2. The quantitative estimate of drug-likeness (QED) is 0.511. The van der Waals surface area contributed by atoms with Gasteiger partial charge in [-0.2, -0.15) is 13.2 Å². The molecular weight excluding hydrogens is 276 g/mol. The molecular formula is C13H16F4N2O. The van der Waals surface area contributed by atoms with E-state index in [1.165, 1.54) is 0 Å². The third kappa shape index (κ3) is 3.28. The van der Waals surface area contributed by atoms with Crippen molar-refractivity contribution in [2.24, 2.45) is 11.8 Å². The molecule has 1 fully saturated rings. The van der Waals surface area contributed by atoms with Crippen LogP contribution in [0.3, 0.4) is 0 Å². The molecule has 1 aromatic rings. The van der Waals surface area contributed by atoms with Gasteiger partial charge in [0.25, 0.3) is 0 Å². The van der Waals surface area contributed by atoms with Crippen molar-refractivity contribution in [2.75, 3.05) is 13.2 Å². The Balaban J connectivity index is 2.39. The predicted molar refractivity (Wildman–Crippen MR) is 65.0 cm³/mol. The zero-order valence-corrected chi connectivity index (χ0v) is 10.7. The highest BCUT2D eigenvalue weighted by Crippen LogP contribution is 2.38. The molecule has 0 amide bonds. The van der Waals surface area contributed by atoms with Gasteiger partial charge in [-0.25, -0.2) is 4.39 Å². The standard InChI is InChI=1S/C13H16F4N2O/c14-9-1-2-11(13(15,16)17)10(7-9)12(19-18)8-3-5-20-6-4-8/h1-2,7-8,12,19H,3-6,18H2. The summed E-state index contributed by atoms with van der Waals surface area (Å²) in [6.07, 6.45) is -3.37. The van der Waals surface area contributed by atoms with Crippen LogP contribution < -0.4 is 11.3 Å². The lowest BCUT2D eigenvalue weighted by atomic mass is 9.85. The van der Waals surface area contributed by atoms with Gasteiger partial charge in [-0.15, -0.1) is 0 Å². The van der Waals surface area contributed by atoms with E-state index in [-0.39, 0.29) is 11.5 Å². The van der Waals surface area contributed by atoms with Crippen LogP contribution in [-0.2, 0) is 10.9 Å². The summed E-state index contributed by atoms with van der Waals surface area (Å²) in [4.78, 5) is 0. The molecule has 0 saturated carbocycles. The summed E-state index contributed by atoms with van der Waals surface area (Å²) in [5, 5.41) is 0. The van der Waals surface area contributed by atoms with Gasteiger partial charge in [0, 0.05) is 19.3 Å². The number of halogens is 4. The fraction of sp³-hybridized carbons (Fsp3) is 0.538. The second kappa shape index (κ2) is 6.07. The summed E-state index contributed by atoms with van der Waals surface area (Å²) < 4.78 is 57.6. The molecule has 1 aromatic carbocycles. The molecule has 1 aliphatic rings. The molecule has 0 spiro atoms. The highest BCUT2D eigenvalue weighted by Gasteiger charge is 2.37. The highest BCUT2D eigenvalue weighted by molar-refractivity contribution is 5.33. The zero-order valence-electron chi connectivity index (χ0n) is 10.7. The van der Waals surface area contributed by atoms with Gasteiger partial charge >= 0.3 is 6.18 Å². The molecule has 0 aliphatic carbocycles. The molecule has 1 atom stereocenters. The number of rotatable bonds is 3. The third-order valence-corrected chi connectivity index (χ3v) is 3.57. The van der Waals surface area contributed by atoms with E-state index in [0.29, 0.717) is 26.1 Å². The van der Waals surface area contributed by atoms with Crippen LogP contribution >= 0.6 is 0 Å². The minimum atomic E-state index is -4.54. The van der Waals surface area contributed by atoms with Crippen LogP contribution in [0.4, 0.5) is 17.6 Å². The molecule has 1 heterocycles. The van der Waals surface area contributed by atoms with Crippen molar-refractivity contribution in [2.45, 2.75) is 25.1 Å². The first-order valence-corrected chi connectivity index (χ1v) is 6.34. The molecule has 112 valence electrons. The number of alkyl halides is 3. The van der Waals surface area contributed by atoms with Gasteiger partial charge < -0.3 is 4.74 Å². The smallest absolute Gasteiger partial charge is 0.381 e. The molecule has 1 unspecified atom stereocenters.